The number of pyridine rings is 1. The van der Waals surface area contributed by atoms with Crippen molar-refractivity contribution in [2.75, 3.05) is 13.7 Å². The highest BCUT2D eigenvalue weighted by molar-refractivity contribution is 6.46. The van der Waals surface area contributed by atoms with Gasteiger partial charge in [0.05, 0.1) is 25.3 Å². The smallest absolute Gasteiger partial charge is 0.295 e. The lowest BCUT2D eigenvalue weighted by molar-refractivity contribution is -0.140. The topological polar surface area (TPSA) is 89.0 Å². The van der Waals surface area contributed by atoms with Gasteiger partial charge >= 0.3 is 0 Å². The first-order chi connectivity index (χ1) is 16.5. The van der Waals surface area contributed by atoms with Crippen molar-refractivity contribution in [3.05, 3.63) is 95.3 Å². The molecule has 7 nitrogen and oxygen atoms in total. The summed E-state index contributed by atoms with van der Waals surface area (Å²) >= 11 is 0. The molecule has 1 aromatic heterocycles. The zero-order valence-corrected chi connectivity index (χ0v) is 19.1. The molecule has 2 aromatic carbocycles. The van der Waals surface area contributed by atoms with Gasteiger partial charge in [0.2, 0.25) is 0 Å². The van der Waals surface area contributed by atoms with Crippen LogP contribution in [0.4, 0.5) is 0 Å². The number of hydrogen-bond acceptors (Lipinski definition) is 6. The molecule has 0 spiro atoms. The van der Waals surface area contributed by atoms with Crippen LogP contribution in [0, 0.1) is 0 Å². The van der Waals surface area contributed by atoms with E-state index in [4.69, 9.17) is 9.47 Å². The van der Waals surface area contributed by atoms with E-state index >= 15 is 0 Å². The Bertz CT molecular complexity index is 1210. The average molecular weight is 459 g/mol. The Kier molecular flexibility index (Phi) is 6.92. The van der Waals surface area contributed by atoms with Gasteiger partial charge in [-0.2, -0.15) is 0 Å². The summed E-state index contributed by atoms with van der Waals surface area (Å²) in [5.41, 5.74) is 1.87. The molecule has 0 radical (unpaired) electrons. The summed E-state index contributed by atoms with van der Waals surface area (Å²) in [6, 6.07) is 16.8. The molecular formula is C27H26N2O5. The van der Waals surface area contributed by atoms with Crippen LogP contribution < -0.4 is 9.47 Å². The van der Waals surface area contributed by atoms with Gasteiger partial charge in [0.1, 0.15) is 17.3 Å². The third-order valence-corrected chi connectivity index (χ3v) is 5.68. The molecule has 4 rings (SSSR count). The zero-order chi connectivity index (χ0) is 24.1. The first-order valence-corrected chi connectivity index (χ1v) is 11.1. The number of ketones is 1. The molecule has 7 heteroatoms. The normalized spacial score (nSPS) is 17.1. The predicted molar refractivity (Wildman–Crippen MR) is 127 cm³/mol. The Morgan fingerprint density at radius 3 is 2.41 bits per heavy atom. The van der Waals surface area contributed by atoms with E-state index in [1.165, 1.54) is 12.0 Å². The summed E-state index contributed by atoms with van der Waals surface area (Å²) in [6.07, 6.45) is 4.14. The summed E-state index contributed by atoms with van der Waals surface area (Å²) in [5, 5.41) is 11.2. The maximum absolute atomic E-state index is 13.2. The minimum absolute atomic E-state index is 0.0192. The van der Waals surface area contributed by atoms with Crippen LogP contribution >= 0.6 is 0 Å². The molecule has 1 N–H and O–H groups in total. The molecule has 1 amide bonds. The lowest BCUT2D eigenvalue weighted by Crippen LogP contribution is -2.29. The number of Topliss-reactive ketones (excluding diaryl/α,β-unsaturated/α-hetero) is 1. The fraction of sp³-hybridized carbons (Fsp3) is 0.222. The minimum atomic E-state index is -0.819. The summed E-state index contributed by atoms with van der Waals surface area (Å²) < 4.78 is 11.1. The molecule has 1 aliphatic heterocycles. The molecule has 1 unspecified atom stereocenters. The number of methoxy groups -OCH3 is 1. The number of aromatic nitrogens is 1. The van der Waals surface area contributed by atoms with Crippen LogP contribution in [0.15, 0.2) is 78.6 Å². The zero-order valence-electron chi connectivity index (χ0n) is 19.1. The van der Waals surface area contributed by atoms with Crippen LogP contribution in [-0.4, -0.2) is 40.4 Å². The molecular weight excluding hydrogens is 432 g/mol. The van der Waals surface area contributed by atoms with Gasteiger partial charge in [-0.3, -0.25) is 14.6 Å². The number of benzene rings is 2. The number of aliphatic hydroxyl groups is 1. The van der Waals surface area contributed by atoms with E-state index in [0.29, 0.717) is 29.2 Å². The van der Waals surface area contributed by atoms with Gasteiger partial charge in [0.25, 0.3) is 11.7 Å². The van der Waals surface area contributed by atoms with Crippen LogP contribution in [-0.2, 0) is 16.1 Å². The Morgan fingerprint density at radius 2 is 1.74 bits per heavy atom. The van der Waals surface area contributed by atoms with Gasteiger partial charge in [0, 0.05) is 30.1 Å². The highest BCUT2D eigenvalue weighted by atomic mass is 16.5. The first kappa shape index (κ1) is 23.0. The number of carbonyl (C=O) groups is 2. The van der Waals surface area contributed by atoms with Crippen LogP contribution in [0.25, 0.3) is 5.76 Å². The van der Waals surface area contributed by atoms with Gasteiger partial charge in [-0.05, 0) is 54.4 Å². The number of amides is 1. The largest absolute Gasteiger partial charge is 0.507 e. The van der Waals surface area contributed by atoms with Gasteiger partial charge < -0.3 is 19.5 Å². The monoisotopic (exact) mass is 458 g/mol. The lowest BCUT2D eigenvalue weighted by atomic mass is 9.94. The van der Waals surface area contributed by atoms with E-state index in [1.54, 1.807) is 60.9 Å². The SMILES string of the molecule is CCCOc1ccc(/C(O)=C2/C(=O)C(=O)N(Cc3ccncc3)C2c2ccccc2OC)cc1. The maximum Gasteiger partial charge on any atom is 0.295 e. The number of ether oxygens (including phenoxy) is 2. The van der Waals surface area contributed by atoms with Crippen molar-refractivity contribution in [3.63, 3.8) is 0 Å². The fourth-order valence-corrected chi connectivity index (χ4v) is 4.03. The van der Waals surface area contributed by atoms with Gasteiger partial charge in [-0.15, -0.1) is 0 Å². The van der Waals surface area contributed by atoms with Crippen LogP contribution in [0.1, 0.15) is 36.1 Å². The number of carbonyl (C=O) groups excluding carboxylic acids is 2. The lowest BCUT2D eigenvalue weighted by Gasteiger charge is -2.26. The molecule has 1 fully saturated rings. The molecule has 1 saturated heterocycles. The third kappa shape index (κ3) is 4.50. The summed E-state index contributed by atoms with van der Waals surface area (Å²) in [5.74, 6) is -0.486. The molecule has 34 heavy (non-hydrogen) atoms. The van der Waals surface area contributed by atoms with Crippen molar-refractivity contribution < 1.29 is 24.2 Å². The molecule has 0 bridgehead atoms. The standard InChI is InChI=1S/C27H26N2O5/c1-3-16-34-20-10-8-19(9-11-20)25(30)23-24(21-6-4-5-7-22(21)33-2)29(27(32)26(23)31)17-18-12-14-28-15-13-18/h4-15,24,30H,3,16-17H2,1-2H3/b25-23-. The van der Waals surface area contributed by atoms with Gasteiger partial charge in [0.15, 0.2) is 0 Å². The average Bonchev–Trinajstić information content (AvgIpc) is 3.12. The Balaban J connectivity index is 1.82. The minimum Gasteiger partial charge on any atom is -0.507 e. The Morgan fingerprint density at radius 1 is 1.03 bits per heavy atom. The van der Waals surface area contributed by atoms with E-state index in [1.807, 2.05) is 19.1 Å². The summed E-state index contributed by atoms with van der Waals surface area (Å²) in [7, 11) is 1.53. The maximum atomic E-state index is 13.2. The molecule has 2 heterocycles. The second kappa shape index (κ2) is 10.2. The molecule has 1 atom stereocenters. The van der Waals surface area contributed by atoms with Crippen molar-refractivity contribution in [1.82, 2.24) is 9.88 Å². The highest BCUT2D eigenvalue weighted by Gasteiger charge is 2.47. The second-order valence-electron chi connectivity index (χ2n) is 7.90. The molecule has 3 aromatic rings. The van der Waals surface area contributed by atoms with Crippen LogP contribution in [0.5, 0.6) is 11.5 Å². The van der Waals surface area contributed by atoms with Gasteiger partial charge in [-0.25, -0.2) is 0 Å². The Hall–Kier alpha value is -4.13. The number of hydrogen-bond donors (Lipinski definition) is 1. The molecule has 0 aliphatic carbocycles. The van der Waals surface area contributed by atoms with E-state index in [2.05, 4.69) is 4.98 Å². The molecule has 1 aliphatic rings. The fourth-order valence-electron chi connectivity index (χ4n) is 4.03. The van der Waals surface area contributed by atoms with E-state index in [-0.39, 0.29) is 17.9 Å². The van der Waals surface area contributed by atoms with Crippen molar-refractivity contribution in [3.8, 4) is 11.5 Å². The molecule has 174 valence electrons. The molecule has 0 saturated carbocycles. The van der Waals surface area contributed by atoms with Crippen molar-refractivity contribution in [1.29, 1.82) is 0 Å². The third-order valence-electron chi connectivity index (χ3n) is 5.68. The number of para-hydroxylation sites is 1. The predicted octanol–water partition coefficient (Wildman–Crippen LogP) is 4.50. The van der Waals surface area contributed by atoms with Crippen LogP contribution in [0.3, 0.4) is 0 Å². The van der Waals surface area contributed by atoms with Crippen molar-refractivity contribution in [2.24, 2.45) is 0 Å². The summed E-state index contributed by atoms with van der Waals surface area (Å²) in [4.78, 5) is 31.9. The van der Waals surface area contributed by atoms with Gasteiger partial charge in [-0.1, -0.05) is 25.1 Å². The van der Waals surface area contributed by atoms with Crippen molar-refractivity contribution >= 4 is 17.4 Å². The Labute approximate surface area is 198 Å². The van der Waals surface area contributed by atoms with Crippen molar-refractivity contribution in [2.45, 2.75) is 25.9 Å². The number of likely N-dealkylation sites (tertiary alicyclic amines) is 1. The van der Waals surface area contributed by atoms with E-state index in [0.717, 1.165) is 12.0 Å². The van der Waals surface area contributed by atoms with E-state index < -0.39 is 17.7 Å². The van der Waals surface area contributed by atoms with E-state index in [9.17, 15) is 14.7 Å². The highest BCUT2D eigenvalue weighted by Crippen LogP contribution is 2.43. The number of aliphatic hydroxyl groups excluding tert-OH is 1. The number of nitrogens with zero attached hydrogens (tertiary/aromatic N) is 2. The summed E-state index contributed by atoms with van der Waals surface area (Å²) in [6.45, 7) is 2.78. The number of rotatable bonds is 8. The first-order valence-electron chi connectivity index (χ1n) is 11.1. The van der Waals surface area contributed by atoms with Crippen LogP contribution in [0.2, 0.25) is 0 Å². The quantitative estimate of drug-likeness (QED) is 0.304. The second-order valence-corrected chi connectivity index (χ2v) is 7.90.